The Labute approximate surface area is 115 Å². The van der Waals surface area contributed by atoms with Crippen molar-refractivity contribution in [1.82, 2.24) is 5.32 Å². The van der Waals surface area contributed by atoms with Gasteiger partial charge >= 0.3 is 0 Å². The molecule has 0 radical (unpaired) electrons. The molecule has 2 rings (SSSR count). The quantitative estimate of drug-likeness (QED) is 0.843. The Bertz CT molecular complexity index is 569. The van der Waals surface area contributed by atoms with E-state index in [1.165, 1.54) is 12.1 Å². The number of rotatable bonds is 4. The predicted molar refractivity (Wildman–Crippen MR) is 75.6 cm³/mol. The number of anilines is 1. The maximum absolute atomic E-state index is 13.7. The molecular weight excluding hydrogens is 263 g/mol. The molecule has 0 bridgehead atoms. The number of hydrogen-bond donors (Lipinski definition) is 2. The third-order valence-electron chi connectivity index (χ3n) is 2.84. The Morgan fingerprint density at radius 1 is 1.47 bits per heavy atom. The van der Waals surface area contributed by atoms with Crippen LogP contribution in [0, 0.1) is 5.82 Å². The van der Waals surface area contributed by atoms with Crippen molar-refractivity contribution in [3.05, 3.63) is 52.0 Å². The molecule has 1 atom stereocenters. The van der Waals surface area contributed by atoms with Gasteiger partial charge in [-0.15, -0.1) is 11.3 Å². The molecule has 19 heavy (non-hydrogen) atoms. The summed E-state index contributed by atoms with van der Waals surface area (Å²) < 4.78 is 13.7. The zero-order chi connectivity index (χ0) is 13.8. The number of thiophene rings is 1. The summed E-state index contributed by atoms with van der Waals surface area (Å²) >= 11 is 1.57. The largest absolute Gasteiger partial charge is 0.399 e. The number of nitrogen functional groups attached to an aromatic ring is 1. The van der Waals surface area contributed by atoms with Crippen LogP contribution >= 0.6 is 11.3 Å². The first-order valence-electron chi connectivity index (χ1n) is 6.01. The smallest absolute Gasteiger partial charge is 0.254 e. The Hall–Kier alpha value is -1.88. The number of carbonyl (C=O) groups is 1. The minimum absolute atomic E-state index is 0.0178. The molecular formula is C14H15FN2OS. The van der Waals surface area contributed by atoms with Crippen molar-refractivity contribution < 1.29 is 9.18 Å². The monoisotopic (exact) mass is 278 g/mol. The summed E-state index contributed by atoms with van der Waals surface area (Å²) in [6.45, 7) is 1.98. The molecule has 0 spiro atoms. The molecule has 3 nitrogen and oxygen atoms in total. The molecule has 5 heteroatoms. The summed E-state index contributed by atoms with van der Waals surface area (Å²) in [5.41, 5.74) is 5.78. The van der Waals surface area contributed by atoms with Crippen molar-refractivity contribution in [2.75, 3.05) is 5.73 Å². The van der Waals surface area contributed by atoms with Crippen LogP contribution in [0.15, 0.2) is 35.7 Å². The van der Waals surface area contributed by atoms with Crippen molar-refractivity contribution in [1.29, 1.82) is 0 Å². The lowest BCUT2D eigenvalue weighted by Gasteiger charge is -2.15. The van der Waals surface area contributed by atoms with Crippen LogP contribution in [0.2, 0.25) is 0 Å². The fourth-order valence-electron chi connectivity index (χ4n) is 1.82. The molecule has 1 aromatic carbocycles. The first-order valence-corrected chi connectivity index (χ1v) is 6.89. The molecule has 3 N–H and O–H groups in total. The lowest BCUT2D eigenvalue weighted by Crippen LogP contribution is -2.28. The fourth-order valence-corrected chi connectivity index (χ4v) is 2.68. The summed E-state index contributed by atoms with van der Waals surface area (Å²) in [7, 11) is 0. The van der Waals surface area contributed by atoms with Crippen molar-refractivity contribution in [3.63, 3.8) is 0 Å². The van der Waals surface area contributed by atoms with Gasteiger partial charge in [0, 0.05) is 10.6 Å². The minimum Gasteiger partial charge on any atom is -0.399 e. The van der Waals surface area contributed by atoms with Crippen LogP contribution in [-0.2, 0) is 0 Å². The fraction of sp³-hybridized carbons (Fsp3) is 0.214. The van der Waals surface area contributed by atoms with Gasteiger partial charge in [0.2, 0.25) is 0 Å². The van der Waals surface area contributed by atoms with E-state index in [1.54, 1.807) is 11.3 Å². The van der Waals surface area contributed by atoms with Crippen molar-refractivity contribution >= 4 is 22.9 Å². The van der Waals surface area contributed by atoms with Crippen LogP contribution in [0.25, 0.3) is 0 Å². The summed E-state index contributed by atoms with van der Waals surface area (Å²) in [6, 6.07) is 7.87. The third kappa shape index (κ3) is 3.12. The molecule has 1 unspecified atom stereocenters. The number of hydrogen-bond acceptors (Lipinski definition) is 3. The maximum atomic E-state index is 13.7. The van der Waals surface area contributed by atoms with E-state index in [9.17, 15) is 9.18 Å². The van der Waals surface area contributed by atoms with Gasteiger partial charge in [-0.25, -0.2) is 4.39 Å². The zero-order valence-corrected chi connectivity index (χ0v) is 11.3. The summed E-state index contributed by atoms with van der Waals surface area (Å²) in [5, 5.41) is 4.79. The van der Waals surface area contributed by atoms with E-state index in [1.807, 2.05) is 24.4 Å². The van der Waals surface area contributed by atoms with E-state index in [0.717, 1.165) is 17.4 Å². The molecule has 2 aromatic rings. The van der Waals surface area contributed by atoms with Gasteiger partial charge in [-0.3, -0.25) is 4.79 Å². The Kier molecular flexibility index (Phi) is 4.16. The normalized spacial score (nSPS) is 12.1. The number of nitrogens with two attached hydrogens (primary N) is 1. The van der Waals surface area contributed by atoms with Crippen LogP contribution in [0.1, 0.15) is 34.6 Å². The van der Waals surface area contributed by atoms with Gasteiger partial charge in [0.25, 0.3) is 5.91 Å². The highest BCUT2D eigenvalue weighted by molar-refractivity contribution is 7.10. The average Bonchev–Trinajstić information content (AvgIpc) is 2.89. The van der Waals surface area contributed by atoms with E-state index < -0.39 is 11.7 Å². The summed E-state index contributed by atoms with van der Waals surface area (Å²) in [6.07, 6.45) is 0.753. The van der Waals surface area contributed by atoms with Crippen LogP contribution in [-0.4, -0.2) is 5.91 Å². The number of nitrogens with one attached hydrogen (secondary N) is 1. The third-order valence-corrected chi connectivity index (χ3v) is 3.82. The Morgan fingerprint density at radius 3 is 2.84 bits per heavy atom. The molecule has 0 fully saturated rings. The highest BCUT2D eigenvalue weighted by atomic mass is 32.1. The van der Waals surface area contributed by atoms with Crippen molar-refractivity contribution in [3.8, 4) is 0 Å². The molecule has 0 aliphatic heterocycles. The van der Waals surface area contributed by atoms with Gasteiger partial charge in [-0.2, -0.15) is 0 Å². The average molecular weight is 278 g/mol. The number of halogens is 1. The van der Waals surface area contributed by atoms with Crippen LogP contribution in [0.4, 0.5) is 10.1 Å². The number of carbonyl (C=O) groups excluding carboxylic acids is 1. The molecule has 1 amide bonds. The van der Waals surface area contributed by atoms with E-state index in [4.69, 9.17) is 5.73 Å². The molecule has 100 valence electrons. The molecule has 1 heterocycles. The van der Waals surface area contributed by atoms with Gasteiger partial charge < -0.3 is 11.1 Å². The number of benzene rings is 1. The molecule has 0 saturated carbocycles. The highest BCUT2D eigenvalue weighted by Gasteiger charge is 2.17. The second-order valence-electron chi connectivity index (χ2n) is 4.19. The van der Waals surface area contributed by atoms with Crippen LogP contribution < -0.4 is 11.1 Å². The first kappa shape index (κ1) is 13.5. The number of amides is 1. The van der Waals surface area contributed by atoms with Gasteiger partial charge in [0.1, 0.15) is 5.82 Å². The highest BCUT2D eigenvalue weighted by Crippen LogP contribution is 2.22. The SMILES string of the molecule is CCC(NC(=O)c1ccc(N)cc1F)c1cccs1. The van der Waals surface area contributed by atoms with E-state index in [2.05, 4.69) is 5.32 Å². The predicted octanol–water partition coefficient (Wildman–Crippen LogP) is 3.35. The molecule has 0 aliphatic rings. The summed E-state index contributed by atoms with van der Waals surface area (Å²) in [4.78, 5) is 13.1. The first-order chi connectivity index (χ1) is 9.11. The van der Waals surface area contributed by atoms with Gasteiger partial charge in [-0.05, 0) is 36.1 Å². The molecule has 1 aromatic heterocycles. The van der Waals surface area contributed by atoms with Crippen molar-refractivity contribution in [2.24, 2.45) is 0 Å². The van der Waals surface area contributed by atoms with Crippen molar-refractivity contribution in [2.45, 2.75) is 19.4 Å². The lowest BCUT2D eigenvalue weighted by atomic mass is 10.1. The maximum Gasteiger partial charge on any atom is 0.254 e. The van der Waals surface area contributed by atoms with E-state index in [0.29, 0.717) is 5.69 Å². The van der Waals surface area contributed by atoms with Gasteiger partial charge in [0.15, 0.2) is 0 Å². The Balaban J connectivity index is 2.16. The van der Waals surface area contributed by atoms with Crippen LogP contribution in [0.3, 0.4) is 0 Å². The standard InChI is InChI=1S/C14H15FN2OS/c1-2-12(13-4-3-7-19-13)17-14(18)10-6-5-9(16)8-11(10)15/h3-8,12H,2,16H2,1H3,(H,17,18). The topological polar surface area (TPSA) is 55.1 Å². The van der Waals surface area contributed by atoms with E-state index in [-0.39, 0.29) is 11.6 Å². The van der Waals surface area contributed by atoms with E-state index >= 15 is 0 Å². The minimum atomic E-state index is -0.599. The van der Waals surface area contributed by atoms with Gasteiger partial charge in [0.05, 0.1) is 11.6 Å². The second-order valence-corrected chi connectivity index (χ2v) is 5.17. The second kappa shape index (κ2) is 5.84. The Morgan fingerprint density at radius 2 is 2.26 bits per heavy atom. The van der Waals surface area contributed by atoms with Crippen LogP contribution in [0.5, 0.6) is 0 Å². The van der Waals surface area contributed by atoms with Gasteiger partial charge in [-0.1, -0.05) is 13.0 Å². The summed E-state index contributed by atoms with van der Waals surface area (Å²) in [5.74, 6) is -1.02. The lowest BCUT2D eigenvalue weighted by molar-refractivity contribution is 0.0932. The molecule has 0 aliphatic carbocycles. The molecule has 0 saturated heterocycles. The zero-order valence-electron chi connectivity index (χ0n) is 10.5.